The van der Waals surface area contributed by atoms with Gasteiger partial charge in [-0.05, 0) is 37.5 Å². The topological polar surface area (TPSA) is 73.3 Å². The maximum atomic E-state index is 12.3. The summed E-state index contributed by atoms with van der Waals surface area (Å²) in [6.45, 7) is 2.51. The summed E-state index contributed by atoms with van der Waals surface area (Å²) in [4.78, 5) is 21.1. The molecule has 1 N–H and O–H groups in total. The molecule has 118 valence electrons. The van der Waals surface area contributed by atoms with E-state index in [0.29, 0.717) is 23.8 Å². The van der Waals surface area contributed by atoms with Gasteiger partial charge in [0, 0.05) is 18.7 Å². The Bertz CT molecular complexity index is 772. The summed E-state index contributed by atoms with van der Waals surface area (Å²) < 4.78 is 10.6. The van der Waals surface area contributed by atoms with Crippen molar-refractivity contribution in [3.63, 3.8) is 0 Å². The maximum absolute atomic E-state index is 12.3. The molecule has 6 nitrogen and oxygen atoms in total. The van der Waals surface area contributed by atoms with Crippen LogP contribution in [0.4, 0.5) is 0 Å². The molecule has 1 fully saturated rings. The van der Waals surface area contributed by atoms with Crippen LogP contribution in [0.2, 0.25) is 0 Å². The number of carbonyl (C=O) groups excluding carboxylic acids is 1. The Morgan fingerprint density at radius 3 is 2.91 bits per heavy atom. The van der Waals surface area contributed by atoms with E-state index in [1.807, 2.05) is 25.1 Å². The van der Waals surface area contributed by atoms with Crippen LogP contribution in [-0.2, 0) is 6.54 Å². The quantitative estimate of drug-likeness (QED) is 0.938. The Morgan fingerprint density at radius 1 is 1.30 bits per heavy atom. The lowest BCUT2D eigenvalue weighted by Crippen LogP contribution is -2.24. The second-order valence-corrected chi connectivity index (χ2v) is 5.87. The third-order valence-electron chi connectivity index (χ3n) is 4.08. The number of carbonyl (C=O) groups is 1. The van der Waals surface area contributed by atoms with E-state index >= 15 is 0 Å². The van der Waals surface area contributed by atoms with Crippen LogP contribution in [0.1, 0.15) is 46.2 Å². The lowest BCUT2D eigenvalue weighted by atomic mass is 10.2. The van der Waals surface area contributed by atoms with E-state index < -0.39 is 0 Å². The minimum Gasteiger partial charge on any atom is -0.454 e. The fraction of sp³-hybridized carbons (Fsp3) is 0.353. The van der Waals surface area contributed by atoms with Crippen LogP contribution in [0.5, 0.6) is 11.5 Å². The minimum absolute atomic E-state index is 0.164. The van der Waals surface area contributed by atoms with Gasteiger partial charge in [0.1, 0.15) is 5.82 Å². The maximum Gasteiger partial charge on any atom is 0.254 e. The molecule has 0 atom stereocenters. The van der Waals surface area contributed by atoms with Gasteiger partial charge in [0.2, 0.25) is 6.79 Å². The SMILES string of the molecule is Cc1nc(C2CC2)ncc1C(=O)NCc1ccc2c(c1)OCO2. The molecule has 0 bridgehead atoms. The summed E-state index contributed by atoms with van der Waals surface area (Å²) in [6, 6.07) is 5.64. The molecule has 1 aliphatic heterocycles. The van der Waals surface area contributed by atoms with Gasteiger partial charge in [-0.2, -0.15) is 0 Å². The van der Waals surface area contributed by atoms with E-state index in [1.54, 1.807) is 6.20 Å². The molecule has 6 heteroatoms. The Morgan fingerprint density at radius 2 is 2.13 bits per heavy atom. The normalized spacial score (nSPS) is 15.5. The highest BCUT2D eigenvalue weighted by Gasteiger charge is 2.27. The van der Waals surface area contributed by atoms with Crippen molar-refractivity contribution < 1.29 is 14.3 Å². The number of benzene rings is 1. The van der Waals surface area contributed by atoms with Gasteiger partial charge in [0.05, 0.1) is 11.3 Å². The third-order valence-corrected chi connectivity index (χ3v) is 4.08. The first-order valence-corrected chi connectivity index (χ1v) is 7.71. The van der Waals surface area contributed by atoms with Gasteiger partial charge < -0.3 is 14.8 Å². The first-order valence-electron chi connectivity index (χ1n) is 7.71. The molecule has 2 aromatic rings. The van der Waals surface area contributed by atoms with Gasteiger partial charge >= 0.3 is 0 Å². The van der Waals surface area contributed by atoms with Crippen molar-refractivity contribution in [1.82, 2.24) is 15.3 Å². The van der Waals surface area contributed by atoms with E-state index in [0.717, 1.165) is 35.7 Å². The van der Waals surface area contributed by atoms with E-state index in [4.69, 9.17) is 9.47 Å². The summed E-state index contributed by atoms with van der Waals surface area (Å²) >= 11 is 0. The minimum atomic E-state index is -0.164. The number of ether oxygens (including phenoxy) is 2. The van der Waals surface area contributed by atoms with E-state index in [-0.39, 0.29) is 12.7 Å². The van der Waals surface area contributed by atoms with Crippen molar-refractivity contribution in [3.8, 4) is 11.5 Å². The first-order chi connectivity index (χ1) is 11.2. The second kappa shape index (κ2) is 5.53. The molecule has 4 rings (SSSR count). The molecule has 2 aliphatic rings. The summed E-state index contributed by atoms with van der Waals surface area (Å²) in [6.07, 6.45) is 3.93. The molecular formula is C17H17N3O3. The van der Waals surface area contributed by atoms with E-state index in [9.17, 15) is 4.79 Å². The fourth-order valence-corrected chi connectivity index (χ4v) is 2.57. The zero-order valence-electron chi connectivity index (χ0n) is 12.8. The molecule has 2 heterocycles. The largest absolute Gasteiger partial charge is 0.454 e. The number of nitrogens with one attached hydrogen (secondary N) is 1. The molecule has 1 aromatic carbocycles. The molecular weight excluding hydrogens is 294 g/mol. The number of aryl methyl sites for hydroxylation is 1. The summed E-state index contributed by atoms with van der Waals surface area (Å²) in [7, 11) is 0. The van der Waals surface area contributed by atoms with E-state index in [1.165, 1.54) is 0 Å². The predicted octanol–water partition coefficient (Wildman–Crippen LogP) is 2.32. The van der Waals surface area contributed by atoms with Gasteiger partial charge in [0.15, 0.2) is 11.5 Å². The highest BCUT2D eigenvalue weighted by molar-refractivity contribution is 5.94. The van der Waals surface area contributed by atoms with Crippen molar-refractivity contribution in [3.05, 3.63) is 47.0 Å². The van der Waals surface area contributed by atoms with Gasteiger partial charge in [-0.1, -0.05) is 6.07 Å². The number of fused-ring (bicyclic) bond motifs is 1. The molecule has 0 radical (unpaired) electrons. The Labute approximate surface area is 133 Å². The number of amides is 1. The Balaban J connectivity index is 1.43. The van der Waals surface area contributed by atoms with Crippen LogP contribution in [0.3, 0.4) is 0 Å². The molecule has 0 unspecified atom stereocenters. The zero-order chi connectivity index (χ0) is 15.8. The van der Waals surface area contributed by atoms with Gasteiger partial charge in [-0.3, -0.25) is 4.79 Å². The smallest absolute Gasteiger partial charge is 0.254 e. The molecule has 23 heavy (non-hydrogen) atoms. The van der Waals surface area contributed by atoms with Crippen molar-refractivity contribution in [1.29, 1.82) is 0 Å². The Kier molecular flexibility index (Phi) is 3.37. The lowest BCUT2D eigenvalue weighted by molar-refractivity contribution is 0.0949. The van der Waals surface area contributed by atoms with Crippen molar-refractivity contribution in [2.45, 2.75) is 32.2 Å². The molecule has 1 amide bonds. The van der Waals surface area contributed by atoms with Gasteiger partial charge in [-0.15, -0.1) is 0 Å². The number of hydrogen-bond acceptors (Lipinski definition) is 5. The highest BCUT2D eigenvalue weighted by Crippen LogP contribution is 2.38. The fourth-order valence-electron chi connectivity index (χ4n) is 2.57. The molecule has 1 saturated carbocycles. The van der Waals surface area contributed by atoms with Gasteiger partial charge in [-0.25, -0.2) is 9.97 Å². The van der Waals surface area contributed by atoms with Crippen LogP contribution < -0.4 is 14.8 Å². The van der Waals surface area contributed by atoms with Crippen LogP contribution in [0.15, 0.2) is 24.4 Å². The lowest BCUT2D eigenvalue weighted by Gasteiger charge is -2.08. The van der Waals surface area contributed by atoms with Crippen molar-refractivity contribution >= 4 is 5.91 Å². The first kappa shape index (κ1) is 14.0. The molecule has 1 aromatic heterocycles. The van der Waals surface area contributed by atoms with Crippen LogP contribution >= 0.6 is 0 Å². The number of hydrogen-bond donors (Lipinski definition) is 1. The number of aromatic nitrogens is 2. The predicted molar refractivity (Wildman–Crippen MR) is 82.5 cm³/mol. The molecule has 0 saturated heterocycles. The van der Waals surface area contributed by atoms with Crippen LogP contribution in [-0.4, -0.2) is 22.7 Å². The standard InChI is InChI=1S/C17H17N3O3/c1-10-13(8-18-16(20-10)12-3-4-12)17(21)19-7-11-2-5-14-15(6-11)23-9-22-14/h2,5-6,8,12H,3-4,7,9H2,1H3,(H,19,21). The average Bonchev–Trinajstić information content (AvgIpc) is 3.30. The van der Waals surface area contributed by atoms with Gasteiger partial charge in [0.25, 0.3) is 5.91 Å². The number of nitrogens with zero attached hydrogens (tertiary/aromatic N) is 2. The summed E-state index contributed by atoms with van der Waals surface area (Å²) in [5, 5.41) is 2.90. The molecule has 1 aliphatic carbocycles. The van der Waals surface area contributed by atoms with Crippen molar-refractivity contribution in [2.24, 2.45) is 0 Å². The monoisotopic (exact) mass is 311 g/mol. The van der Waals surface area contributed by atoms with E-state index in [2.05, 4.69) is 15.3 Å². The Hall–Kier alpha value is -2.63. The zero-order valence-corrected chi connectivity index (χ0v) is 12.8. The van der Waals surface area contributed by atoms with Crippen molar-refractivity contribution in [2.75, 3.05) is 6.79 Å². The third kappa shape index (κ3) is 2.84. The summed E-state index contributed by atoms with van der Waals surface area (Å²) in [5.74, 6) is 2.63. The summed E-state index contributed by atoms with van der Waals surface area (Å²) in [5.41, 5.74) is 2.20. The molecule has 0 spiro atoms. The van der Waals surface area contributed by atoms with Crippen LogP contribution in [0, 0.1) is 6.92 Å². The number of rotatable bonds is 4. The highest BCUT2D eigenvalue weighted by atomic mass is 16.7. The van der Waals surface area contributed by atoms with Crippen LogP contribution in [0.25, 0.3) is 0 Å². The average molecular weight is 311 g/mol. The second-order valence-electron chi connectivity index (χ2n) is 5.87.